The standard InChI is InChI=1S/C15H29N3O/c1-4-13-16-15(9-5-6-10-15)14(19)18(13)12-8-7-11-17(2)3/h13,16H,4-12H2,1-3H3. The third kappa shape index (κ3) is 3.11. The van der Waals surface area contributed by atoms with Gasteiger partial charge in [-0.25, -0.2) is 0 Å². The average Bonchev–Trinajstić information content (AvgIpc) is 2.94. The monoisotopic (exact) mass is 267 g/mol. The van der Waals surface area contributed by atoms with Gasteiger partial charge in [-0.2, -0.15) is 0 Å². The van der Waals surface area contributed by atoms with Crippen molar-refractivity contribution in [3.05, 3.63) is 0 Å². The van der Waals surface area contributed by atoms with Crippen molar-refractivity contribution in [2.75, 3.05) is 27.2 Å². The Balaban J connectivity index is 1.89. The van der Waals surface area contributed by atoms with Crippen LogP contribution in [-0.4, -0.2) is 54.6 Å². The van der Waals surface area contributed by atoms with Gasteiger partial charge in [-0.1, -0.05) is 19.8 Å². The summed E-state index contributed by atoms with van der Waals surface area (Å²) in [6.07, 6.45) is 8.03. The van der Waals surface area contributed by atoms with Crippen molar-refractivity contribution < 1.29 is 4.79 Å². The minimum atomic E-state index is -0.192. The molecule has 1 aliphatic heterocycles. The topological polar surface area (TPSA) is 35.6 Å². The summed E-state index contributed by atoms with van der Waals surface area (Å²) < 4.78 is 0. The zero-order valence-electron chi connectivity index (χ0n) is 12.7. The summed E-state index contributed by atoms with van der Waals surface area (Å²) >= 11 is 0. The Hall–Kier alpha value is -0.610. The lowest BCUT2D eigenvalue weighted by atomic mass is 9.98. The van der Waals surface area contributed by atoms with Crippen molar-refractivity contribution in [2.45, 2.75) is 63.6 Å². The van der Waals surface area contributed by atoms with Crippen LogP contribution in [0.3, 0.4) is 0 Å². The number of hydrogen-bond acceptors (Lipinski definition) is 3. The lowest BCUT2D eigenvalue weighted by molar-refractivity contribution is -0.133. The third-order valence-corrected chi connectivity index (χ3v) is 4.59. The second-order valence-corrected chi connectivity index (χ2v) is 6.37. The molecule has 1 aliphatic carbocycles. The summed E-state index contributed by atoms with van der Waals surface area (Å²) in [5, 5.41) is 3.63. The van der Waals surface area contributed by atoms with E-state index >= 15 is 0 Å². The summed E-state index contributed by atoms with van der Waals surface area (Å²) in [6.45, 7) is 4.20. The molecule has 1 spiro atoms. The Bertz CT molecular complexity index is 311. The van der Waals surface area contributed by atoms with E-state index in [1.807, 2.05) is 0 Å². The Morgan fingerprint density at radius 3 is 2.58 bits per heavy atom. The first-order valence-corrected chi connectivity index (χ1v) is 7.82. The Kier molecular flexibility index (Phi) is 4.85. The smallest absolute Gasteiger partial charge is 0.244 e. The summed E-state index contributed by atoms with van der Waals surface area (Å²) in [5.41, 5.74) is -0.192. The number of carbonyl (C=O) groups excluding carboxylic acids is 1. The molecule has 1 amide bonds. The van der Waals surface area contributed by atoms with E-state index < -0.39 is 0 Å². The molecule has 19 heavy (non-hydrogen) atoms. The van der Waals surface area contributed by atoms with Crippen molar-refractivity contribution in [2.24, 2.45) is 0 Å². The highest BCUT2D eigenvalue weighted by Crippen LogP contribution is 2.36. The maximum Gasteiger partial charge on any atom is 0.244 e. The Morgan fingerprint density at radius 1 is 1.32 bits per heavy atom. The van der Waals surface area contributed by atoms with Crippen molar-refractivity contribution in [1.82, 2.24) is 15.1 Å². The van der Waals surface area contributed by atoms with Gasteiger partial charge < -0.3 is 9.80 Å². The second-order valence-electron chi connectivity index (χ2n) is 6.37. The molecule has 2 fully saturated rings. The summed E-state index contributed by atoms with van der Waals surface area (Å²) in [4.78, 5) is 17.0. The number of nitrogens with zero attached hydrogens (tertiary/aromatic N) is 2. The maximum absolute atomic E-state index is 12.7. The van der Waals surface area contributed by atoms with Crippen molar-refractivity contribution in [1.29, 1.82) is 0 Å². The van der Waals surface area contributed by atoms with Crippen LogP contribution in [0.15, 0.2) is 0 Å². The van der Waals surface area contributed by atoms with Crippen LogP contribution in [0.2, 0.25) is 0 Å². The van der Waals surface area contributed by atoms with Crippen LogP contribution in [-0.2, 0) is 4.79 Å². The van der Waals surface area contributed by atoms with E-state index in [2.05, 4.69) is 36.1 Å². The van der Waals surface area contributed by atoms with Gasteiger partial charge in [-0.3, -0.25) is 10.1 Å². The van der Waals surface area contributed by atoms with Gasteiger partial charge in [0.15, 0.2) is 0 Å². The lowest BCUT2D eigenvalue weighted by Gasteiger charge is -2.23. The number of hydrogen-bond donors (Lipinski definition) is 1. The summed E-state index contributed by atoms with van der Waals surface area (Å²) in [7, 11) is 4.20. The van der Waals surface area contributed by atoms with Gasteiger partial charge in [0.05, 0.1) is 11.7 Å². The van der Waals surface area contributed by atoms with E-state index in [1.165, 1.54) is 19.3 Å². The maximum atomic E-state index is 12.7. The Labute approximate surface area is 117 Å². The highest BCUT2D eigenvalue weighted by atomic mass is 16.2. The van der Waals surface area contributed by atoms with Gasteiger partial charge in [-0.05, 0) is 52.7 Å². The van der Waals surface area contributed by atoms with E-state index in [0.717, 1.165) is 38.8 Å². The van der Waals surface area contributed by atoms with Crippen LogP contribution in [0.1, 0.15) is 51.9 Å². The lowest BCUT2D eigenvalue weighted by Crippen LogP contribution is -2.44. The molecule has 110 valence electrons. The zero-order valence-corrected chi connectivity index (χ0v) is 12.7. The van der Waals surface area contributed by atoms with Gasteiger partial charge >= 0.3 is 0 Å². The molecule has 0 aromatic rings. The normalized spacial score (nSPS) is 26.0. The van der Waals surface area contributed by atoms with E-state index in [1.54, 1.807) is 0 Å². The number of carbonyl (C=O) groups is 1. The predicted octanol–water partition coefficient (Wildman–Crippen LogP) is 1.81. The third-order valence-electron chi connectivity index (χ3n) is 4.59. The molecule has 0 aromatic heterocycles. The SMILES string of the molecule is CCC1NC2(CCCC2)C(=O)N1CCCCN(C)C. The fourth-order valence-corrected chi connectivity index (χ4v) is 3.50. The van der Waals surface area contributed by atoms with E-state index in [-0.39, 0.29) is 11.7 Å². The number of amides is 1. The molecule has 1 atom stereocenters. The average molecular weight is 267 g/mol. The minimum Gasteiger partial charge on any atom is -0.326 e. The van der Waals surface area contributed by atoms with E-state index in [4.69, 9.17) is 0 Å². The van der Waals surface area contributed by atoms with Crippen LogP contribution in [0, 0.1) is 0 Å². The first-order valence-electron chi connectivity index (χ1n) is 7.82. The van der Waals surface area contributed by atoms with Crippen LogP contribution >= 0.6 is 0 Å². The molecule has 1 saturated heterocycles. The van der Waals surface area contributed by atoms with Gasteiger partial charge in [0.2, 0.25) is 5.91 Å². The van der Waals surface area contributed by atoms with Crippen molar-refractivity contribution in [3.63, 3.8) is 0 Å². The predicted molar refractivity (Wildman–Crippen MR) is 77.9 cm³/mol. The fraction of sp³-hybridized carbons (Fsp3) is 0.933. The molecule has 4 nitrogen and oxygen atoms in total. The van der Waals surface area contributed by atoms with Crippen molar-refractivity contribution >= 4 is 5.91 Å². The van der Waals surface area contributed by atoms with E-state index in [0.29, 0.717) is 5.91 Å². The highest BCUT2D eigenvalue weighted by Gasteiger charge is 2.51. The van der Waals surface area contributed by atoms with Gasteiger partial charge in [-0.15, -0.1) is 0 Å². The highest BCUT2D eigenvalue weighted by molar-refractivity contribution is 5.89. The molecule has 0 bridgehead atoms. The molecule has 4 heteroatoms. The van der Waals surface area contributed by atoms with Crippen LogP contribution in [0.25, 0.3) is 0 Å². The molecule has 0 radical (unpaired) electrons. The molecular formula is C15H29N3O. The van der Waals surface area contributed by atoms with Crippen molar-refractivity contribution in [3.8, 4) is 0 Å². The zero-order chi connectivity index (χ0) is 13.9. The molecule has 1 unspecified atom stereocenters. The fourth-order valence-electron chi connectivity index (χ4n) is 3.50. The summed E-state index contributed by atoms with van der Waals surface area (Å²) in [5.74, 6) is 0.377. The number of rotatable bonds is 6. The summed E-state index contributed by atoms with van der Waals surface area (Å²) in [6, 6.07) is 0. The quantitative estimate of drug-likeness (QED) is 0.746. The molecule has 0 aromatic carbocycles. The van der Waals surface area contributed by atoms with Gasteiger partial charge in [0, 0.05) is 6.54 Å². The van der Waals surface area contributed by atoms with Crippen LogP contribution in [0.4, 0.5) is 0 Å². The first kappa shape index (κ1) is 14.8. The van der Waals surface area contributed by atoms with Gasteiger partial charge in [0.25, 0.3) is 0 Å². The molecule has 2 aliphatic rings. The van der Waals surface area contributed by atoms with E-state index in [9.17, 15) is 4.79 Å². The second kappa shape index (κ2) is 6.23. The van der Waals surface area contributed by atoms with Crippen LogP contribution in [0.5, 0.6) is 0 Å². The largest absolute Gasteiger partial charge is 0.326 e. The van der Waals surface area contributed by atoms with Crippen LogP contribution < -0.4 is 5.32 Å². The molecular weight excluding hydrogens is 238 g/mol. The molecule has 2 rings (SSSR count). The number of unbranched alkanes of at least 4 members (excludes halogenated alkanes) is 1. The number of nitrogens with one attached hydrogen (secondary N) is 1. The molecule has 1 N–H and O–H groups in total. The molecule has 1 heterocycles. The Morgan fingerprint density at radius 2 is 2.00 bits per heavy atom. The van der Waals surface area contributed by atoms with Gasteiger partial charge in [0.1, 0.15) is 0 Å². The molecule has 1 saturated carbocycles. The minimum absolute atomic E-state index is 0.192. The first-order chi connectivity index (χ1) is 9.09.